The van der Waals surface area contributed by atoms with Crippen LogP contribution in [0.3, 0.4) is 0 Å². The summed E-state index contributed by atoms with van der Waals surface area (Å²) in [5.41, 5.74) is 0.539. The average molecular weight is 310 g/mol. The fourth-order valence-corrected chi connectivity index (χ4v) is 1.72. The number of carbonyl (C=O) groups excluding carboxylic acids is 1. The monoisotopic (exact) mass is 310 g/mol. The Labute approximate surface area is 132 Å². The quantitative estimate of drug-likeness (QED) is 0.337. The van der Waals surface area contributed by atoms with Gasteiger partial charge in [0.1, 0.15) is 6.61 Å². The molecule has 1 atom stereocenters. The molecule has 5 heteroatoms. The molecular formula is C17H26O5. The number of esters is 1. The van der Waals surface area contributed by atoms with Gasteiger partial charge < -0.3 is 18.9 Å². The first-order valence-corrected chi connectivity index (χ1v) is 7.81. The van der Waals surface area contributed by atoms with Gasteiger partial charge >= 0.3 is 5.97 Å². The highest BCUT2D eigenvalue weighted by Gasteiger charge is 2.09. The van der Waals surface area contributed by atoms with Gasteiger partial charge in [0.05, 0.1) is 18.8 Å². The normalized spacial score (nSPS) is 12.1. The van der Waals surface area contributed by atoms with Gasteiger partial charge in [-0.05, 0) is 25.5 Å². The van der Waals surface area contributed by atoms with Crippen LogP contribution in [0, 0.1) is 0 Å². The zero-order valence-corrected chi connectivity index (χ0v) is 13.5. The topological polar surface area (TPSA) is 54.0 Å². The molecule has 0 saturated carbocycles. The molecule has 5 nitrogen and oxygen atoms in total. The zero-order valence-electron chi connectivity index (χ0n) is 13.5. The van der Waals surface area contributed by atoms with Crippen LogP contribution in [0.2, 0.25) is 0 Å². The van der Waals surface area contributed by atoms with E-state index in [1.165, 1.54) is 0 Å². The second-order valence-corrected chi connectivity index (χ2v) is 4.69. The van der Waals surface area contributed by atoms with Crippen molar-refractivity contribution in [3.63, 3.8) is 0 Å². The Bertz CT molecular complexity index is 393. The maximum absolute atomic E-state index is 11.7. The van der Waals surface area contributed by atoms with Gasteiger partial charge in [0.2, 0.25) is 0 Å². The van der Waals surface area contributed by atoms with Gasteiger partial charge in [-0.3, -0.25) is 0 Å². The Kier molecular flexibility index (Phi) is 10.3. The van der Waals surface area contributed by atoms with Crippen LogP contribution < -0.4 is 0 Å². The summed E-state index contributed by atoms with van der Waals surface area (Å²) in [4.78, 5) is 11.7. The number of hydrogen-bond acceptors (Lipinski definition) is 5. The zero-order chi connectivity index (χ0) is 16.0. The van der Waals surface area contributed by atoms with Crippen molar-refractivity contribution in [2.45, 2.75) is 33.0 Å². The molecule has 0 fully saturated rings. The largest absolute Gasteiger partial charge is 0.460 e. The van der Waals surface area contributed by atoms with Crippen molar-refractivity contribution in [3.8, 4) is 0 Å². The molecule has 22 heavy (non-hydrogen) atoms. The summed E-state index contributed by atoms with van der Waals surface area (Å²) >= 11 is 0. The summed E-state index contributed by atoms with van der Waals surface area (Å²) < 4.78 is 21.6. The number of carbonyl (C=O) groups is 1. The van der Waals surface area contributed by atoms with Gasteiger partial charge in [0.15, 0.2) is 6.29 Å². The summed E-state index contributed by atoms with van der Waals surface area (Å²) in [6, 6.07) is 8.89. The number of unbranched alkanes of at least 4 members (excludes halogenated alkanes) is 1. The minimum Gasteiger partial charge on any atom is -0.460 e. The Morgan fingerprint density at radius 2 is 1.82 bits per heavy atom. The lowest BCUT2D eigenvalue weighted by atomic mass is 10.2. The van der Waals surface area contributed by atoms with E-state index in [1.807, 2.05) is 13.0 Å². The number of benzene rings is 1. The van der Waals surface area contributed by atoms with E-state index in [0.29, 0.717) is 32.0 Å². The molecule has 0 N–H and O–H groups in total. The van der Waals surface area contributed by atoms with E-state index in [0.717, 1.165) is 12.8 Å². The van der Waals surface area contributed by atoms with Crippen molar-refractivity contribution >= 4 is 5.97 Å². The highest BCUT2D eigenvalue weighted by atomic mass is 16.7. The molecule has 0 aliphatic carbocycles. The lowest BCUT2D eigenvalue weighted by molar-refractivity contribution is -0.171. The molecule has 0 spiro atoms. The van der Waals surface area contributed by atoms with Crippen molar-refractivity contribution in [1.29, 1.82) is 0 Å². The summed E-state index contributed by atoms with van der Waals surface area (Å²) in [6.45, 7) is 6.12. The van der Waals surface area contributed by atoms with Crippen molar-refractivity contribution in [2.24, 2.45) is 0 Å². The van der Waals surface area contributed by atoms with Crippen LogP contribution in [0.1, 0.15) is 37.0 Å². The fraction of sp³-hybridized carbons (Fsp3) is 0.588. The first kappa shape index (κ1) is 18.6. The van der Waals surface area contributed by atoms with E-state index < -0.39 is 0 Å². The predicted molar refractivity (Wildman–Crippen MR) is 83.8 cm³/mol. The molecule has 0 bridgehead atoms. The minimum absolute atomic E-state index is 0.210. The summed E-state index contributed by atoms with van der Waals surface area (Å²) in [6.07, 6.45) is 1.72. The molecule has 1 unspecified atom stereocenters. The van der Waals surface area contributed by atoms with Crippen LogP contribution in [0.15, 0.2) is 30.3 Å². The van der Waals surface area contributed by atoms with E-state index in [9.17, 15) is 4.79 Å². The third-order valence-corrected chi connectivity index (χ3v) is 2.88. The third-order valence-electron chi connectivity index (χ3n) is 2.88. The van der Waals surface area contributed by atoms with E-state index in [-0.39, 0.29) is 18.9 Å². The molecule has 0 aliphatic heterocycles. The van der Waals surface area contributed by atoms with Crippen molar-refractivity contribution in [3.05, 3.63) is 35.9 Å². The van der Waals surface area contributed by atoms with Gasteiger partial charge in [-0.25, -0.2) is 4.79 Å². The fourth-order valence-electron chi connectivity index (χ4n) is 1.72. The molecule has 124 valence electrons. The van der Waals surface area contributed by atoms with Crippen molar-refractivity contribution in [2.75, 3.05) is 33.0 Å². The maximum atomic E-state index is 11.7. The second-order valence-electron chi connectivity index (χ2n) is 4.69. The van der Waals surface area contributed by atoms with E-state index in [4.69, 9.17) is 18.9 Å². The smallest absolute Gasteiger partial charge is 0.338 e. The summed E-state index contributed by atoms with van der Waals surface area (Å²) in [7, 11) is 0. The first-order chi connectivity index (χ1) is 10.8. The molecule has 0 aliphatic rings. The van der Waals surface area contributed by atoms with E-state index in [2.05, 4.69) is 6.92 Å². The Morgan fingerprint density at radius 3 is 2.50 bits per heavy atom. The predicted octanol–water partition coefficient (Wildman–Crippen LogP) is 3.04. The van der Waals surface area contributed by atoms with Crippen LogP contribution in [-0.2, 0) is 18.9 Å². The van der Waals surface area contributed by atoms with Crippen molar-refractivity contribution < 1.29 is 23.7 Å². The van der Waals surface area contributed by atoms with Crippen molar-refractivity contribution in [1.82, 2.24) is 0 Å². The van der Waals surface area contributed by atoms with Crippen LogP contribution in [0.5, 0.6) is 0 Å². The highest BCUT2D eigenvalue weighted by molar-refractivity contribution is 5.89. The van der Waals surface area contributed by atoms with E-state index in [1.54, 1.807) is 24.3 Å². The molecular weight excluding hydrogens is 284 g/mol. The minimum atomic E-state index is -0.360. The number of ether oxygens (including phenoxy) is 4. The van der Waals surface area contributed by atoms with Gasteiger partial charge in [-0.2, -0.15) is 0 Å². The summed E-state index contributed by atoms with van der Waals surface area (Å²) in [5, 5.41) is 0. The molecule has 1 rings (SSSR count). The molecule has 1 aromatic rings. The Hall–Kier alpha value is -1.43. The standard InChI is InChI=1S/C17H26O5/c1-3-5-11-21-16(20-4-2)14-19-12-13-22-17(18)15-9-7-6-8-10-15/h6-10,16H,3-5,11-14H2,1-2H3. The van der Waals surface area contributed by atoms with Gasteiger partial charge in [0.25, 0.3) is 0 Å². The first-order valence-electron chi connectivity index (χ1n) is 7.81. The van der Waals surface area contributed by atoms with E-state index >= 15 is 0 Å². The lowest BCUT2D eigenvalue weighted by Gasteiger charge is -2.17. The Morgan fingerprint density at radius 1 is 1.05 bits per heavy atom. The van der Waals surface area contributed by atoms with Crippen LogP contribution >= 0.6 is 0 Å². The molecule has 0 saturated heterocycles. The molecule has 0 aromatic heterocycles. The lowest BCUT2D eigenvalue weighted by Crippen LogP contribution is -2.25. The average Bonchev–Trinajstić information content (AvgIpc) is 2.55. The Balaban J connectivity index is 2.13. The van der Waals surface area contributed by atoms with Gasteiger partial charge in [0, 0.05) is 13.2 Å². The van der Waals surface area contributed by atoms with Crippen LogP contribution in [0.4, 0.5) is 0 Å². The maximum Gasteiger partial charge on any atom is 0.338 e. The van der Waals surface area contributed by atoms with Gasteiger partial charge in [-0.1, -0.05) is 31.5 Å². The number of rotatable bonds is 12. The van der Waals surface area contributed by atoms with Crippen LogP contribution in [-0.4, -0.2) is 45.3 Å². The SMILES string of the molecule is CCCCOC(COCCOC(=O)c1ccccc1)OCC. The molecule has 0 heterocycles. The number of hydrogen-bond donors (Lipinski definition) is 0. The molecule has 0 radical (unpaired) electrons. The summed E-state index contributed by atoms with van der Waals surface area (Å²) in [5.74, 6) is -0.343. The molecule has 1 aromatic carbocycles. The van der Waals surface area contributed by atoms with Crippen LogP contribution in [0.25, 0.3) is 0 Å². The van der Waals surface area contributed by atoms with Gasteiger partial charge in [-0.15, -0.1) is 0 Å². The third kappa shape index (κ3) is 8.12. The molecule has 0 amide bonds. The second kappa shape index (κ2) is 12.1. The highest BCUT2D eigenvalue weighted by Crippen LogP contribution is 2.02.